The Kier molecular flexibility index (Phi) is 4.24. The Morgan fingerprint density at radius 1 is 1.00 bits per heavy atom. The largest absolute Gasteiger partial charge is 0.509 e. The molecule has 7 heteroatoms. The Bertz CT molecular complexity index is 1090. The number of aliphatic hydroxyl groups is 1. The molecule has 0 amide bonds. The molecule has 3 aromatic rings. The fourth-order valence-electron chi connectivity index (χ4n) is 4.03. The Balaban J connectivity index is 1.44. The molecule has 3 heterocycles. The van der Waals surface area contributed by atoms with Gasteiger partial charge in [-0.1, -0.05) is 18.2 Å². The predicted molar refractivity (Wildman–Crippen MR) is 117 cm³/mol. The molecule has 7 nitrogen and oxygen atoms in total. The average molecular weight is 388 g/mol. The number of nitrogens with one attached hydrogen (secondary N) is 2. The van der Waals surface area contributed by atoms with E-state index in [1.807, 2.05) is 36.4 Å². The van der Waals surface area contributed by atoms with Gasteiger partial charge in [-0.15, -0.1) is 0 Å². The molecule has 5 rings (SSSR count). The van der Waals surface area contributed by atoms with Crippen molar-refractivity contribution in [2.24, 2.45) is 0 Å². The third-order valence-corrected chi connectivity index (χ3v) is 5.74. The summed E-state index contributed by atoms with van der Waals surface area (Å²) in [7, 11) is 2.15. The highest BCUT2D eigenvalue weighted by atomic mass is 16.3. The number of amidine groups is 1. The van der Waals surface area contributed by atoms with Crippen molar-refractivity contribution in [3.63, 3.8) is 0 Å². The lowest BCUT2D eigenvalue weighted by atomic mass is 10.2. The van der Waals surface area contributed by atoms with Crippen molar-refractivity contribution in [2.75, 3.05) is 49.6 Å². The molecule has 2 aliphatic heterocycles. The smallest absolute Gasteiger partial charge is 0.145 e. The molecule has 1 aromatic heterocycles. The van der Waals surface area contributed by atoms with Crippen LogP contribution in [0, 0.1) is 5.41 Å². The monoisotopic (exact) mass is 388 g/mol. The number of hydrogen-bond acceptors (Lipinski definition) is 5. The highest BCUT2D eigenvalue weighted by Crippen LogP contribution is 2.31. The van der Waals surface area contributed by atoms with Crippen LogP contribution < -0.4 is 9.80 Å². The fraction of sp³-hybridized carbons (Fsp3) is 0.273. The summed E-state index contributed by atoms with van der Waals surface area (Å²) in [6.45, 7) is 4.40. The van der Waals surface area contributed by atoms with Gasteiger partial charge in [0.15, 0.2) is 0 Å². The van der Waals surface area contributed by atoms with Crippen LogP contribution in [0.5, 0.6) is 0 Å². The number of aromatic nitrogens is 2. The van der Waals surface area contributed by atoms with Crippen LogP contribution in [0.2, 0.25) is 0 Å². The topological polar surface area (TPSA) is 82.5 Å². The number of benzene rings is 2. The third kappa shape index (κ3) is 3.13. The van der Waals surface area contributed by atoms with E-state index < -0.39 is 0 Å². The number of anilines is 2. The second-order valence-corrected chi connectivity index (χ2v) is 7.67. The second-order valence-electron chi connectivity index (χ2n) is 7.67. The number of aliphatic hydroxyl groups excluding tert-OH is 1. The van der Waals surface area contributed by atoms with Crippen molar-refractivity contribution in [2.45, 2.75) is 0 Å². The number of imidazole rings is 1. The summed E-state index contributed by atoms with van der Waals surface area (Å²) in [6, 6.07) is 15.9. The fourth-order valence-corrected chi connectivity index (χ4v) is 4.03. The van der Waals surface area contributed by atoms with E-state index in [0.717, 1.165) is 42.9 Å². The van der Waals surface area contributed by atoms with Gasteiger partial charge < -0.3 is 24.8 Å². The van der Waals surface area contributed by atoms with Gasteiger partial charge in [-0.2, -0.15) is 0 Å². The summed E-state index contributed by atoms with van der Waals surface area (Å²) < 4.78 is 0. The van der Waals surface area contributed by atoms with E-state index in [2.05, 4.69) is 38.9 Å². The van der Waals surface area contributed by atoms with Gasteiger partial charge in [-0.05, 0) is 37.4 Å². The lowest BCUT2D eigenvalue weighted by Gasteiger charge is -2.34. The standard InChI is InChI=1S/C22H24N6O/c1-26-9-11-27(12-10-26)16-7-8-17-18(13-16)25-22(24-17)20-19(29)14-28(21(20)23)15-5-3-2-4-6-15/h2-8,13,23,29H,9-12,14H2,1H3,(H,24,25). The first-order valence-electron chi connectivity index (χ1n) is 9.87. The average Bonchev–Trinajstić information content (AvgIpc) is 3.28. The van der Waals surface area contributed by atoms with Gasteiger partial charge in [0.05, 0.1) is 23.2 Å². The zero-order valence-corrected chi connectivity index (χ0v) is 16.4. The maximum absolute atomic E-state index is 10.6. The van der Waals surface area contributed by atoms with Gasteiger partial charge in [0, 0.05) is 37.6 Å². The summed E-state index contributed by atoms with van der Waals surface area (Å²) in [5.74, 6) is 0.959. The van der Waals surface area contributed by atoms with Gasteiger partial charge in [0.1, 0.15) is 17.4 Å². The Morgan fingerprint density at radius 3 is 2.52 bits per heavy atom. The summed E-state index contributed by atoms with van der Waals surface area (Å²) in [5.41, 5.74) is 4.27. The van der Waals surface area contributed by atoms with Crippen molar-refractivity contribution < 1.29 is 5.11 Å². The van der Waals surface area contributed by atoms with E-state index in [1.165, 1.54) is 5.69 Å². The maximum atomic E-state index is 10.6. The number of fused-ring (bicyclic) bond motifs is 1. The zero-order chi connectivity index (χ0) is 20.0. The van der Waals surface area contributed by atoms with Gasteiger partial charge in [0.25, 0.3) is 0 Å². The van der Waals surface area contributed by atoms with E-state index in [4.69, 9.17) is 5.41 Å². The van der Waals surface area contributed by atoms with Crippen LogP contribution in [0.1, 0.15) is 5.82 Å². The quantitative estimate of drug-likeness (QED) is 0.642. The van der Waals surface area contributed by atoms with E-state index in [1.54, 1.807) is 4.90 Å². The molecule has 0 unspecified atom stereocenters. The first-order valence-corrected chi connectivity index (χ1v) is 9.87. The maximum Gasteiger partial charge on any atom is 0.145 e. The molecule has 0 saturated carbocycles. The molecule has 29 heavy (non-hydrogen) atoms. The normalized spacial score (nSPS) is 18.3. The highest BCUT2D eigenvalue weighted by Gasteiger charge is 2.31. The van der Waals surface area contributed by atoms with Crippen LogP contribution >= 0.6 is 0 Å². The second kappa shape index (κ2) is 6.93. The van der Waals surface area contributed by atoms with Crippen LogP contribution in [0.3, 0.4) is 0 Å². The van der Waals surface area contributed by atoms with Crippen molar-refractivity contribution in [1.82, 2.24) is 14.9 Å². The van der Waals surface area contributed by atoms with Crippen molar-refractivity contribution in [3.05, 3.63) is 60.1 Å². The Morgan fingerprint density at radius 2 is 1.76 bits per heavy atom. The molecule has 2 aliphatic rings. The molecule has 0 bridgehead atoms. The zero-order valence-electron chi connectivity index (χ0n) is 16.4. The van der Waals surface area contributed by atoms with Gasteiger partial charge in [-0.3, -0.25) is 5.41 Å². The molecular formula is C22H24N6O. The Labute approximate surface area is 169 Å². The first-order chi connectivity index (χ1) is 14.1. The van der Waals surface area contributed by atoms with Gasteiger partial charge >= 0.3 is 0 Å². The molecule has 148 valence electrons. The lowest BCUT2D eigenvalue weighted by Crippen LogP contribution is -2.44. The number of rotatable bonds is 3. The summed E-state index contributed by atoms with van der Waals surface area (Å²) in [4.78, 5) is 14.5. The molecular weight excluding hydrogens is 364 g/mol. The first kappa shape index (κ1) is 17.8. The van der Waals surface area contributed by atoms with Crippen LogP contribution in [0.15, 0.2) is 54.3 Å². The van der Waals surface area contributed by atoms with E-state index >= 15 is 0 Å². The van der Waals surface area contributed by atoms with Crippen molar-refractivity contribution in [3.8, 4) is 0 Å². The highest BCUT2D eigenvalue weighted by molar-refractivity contribution is 6.30. The number of piperazine rings is 1. The summed E-state index contributed by atoms with van der Waals surface area (Å²) >= 11 is 0. The molecule has 0 atom stereocenters. The van der Waals surface area contributed by atoms with Crippen molar-refractivity contribution >= 4 is 33.8 Å². The minimum atomic E-state index is 0.164. The van der Waals surface area contributed by atoms with Crippen LogP contribution in [0.25, 0.3) is 16.6 Å². The van der Waals surface area contributed by atoms with E-state index in [0.29, 0.717) is 11.4 Å². The molecule has 2 aromatic carbocycles. The molecule has 1 fully saturated rings. The van der Waals surface area contributed by atoms with E-state index in [9.17, 15) is 5.11 Å². The molecule has 1 saturated heterocycles. The number of aromatic amines is 1. The summed E-state index contributed by atoms with van der Waals surface area (Å²) in [5, 5.41) is 19.2. The minimum Gasteiger partial charge on any atom is -0.509 e. The number of hydrogen-bond donors (Lipinski definition) is 3. The minimum absolute atomic E-state index is 0.164. The molecule has 0 radical (unpaired) electrons. The number of nitrogens with zero attached hydrogens (tertiary/aromatic N) is 4. The molecule has 3 N–H and O–H groups in total. The SMILES string of the molecule is CN1CCN(c2ccc3nc(C4=C(O)CN(c5ccccc5)C4=N)[nH]c3c2)CC1. The number of likely N-dealkylation sites (N-methyl/N-ethyl adjacent to an activating group) is 1. The van der Waals surface area contributed by atoms with E-state index in [-0.39, 0.29) is 18.1 Å². The van der Waals surface area contributed by atoms with Crippen molar-refractivity contribution in [1.29, 1.82) is 5.41 Å². The molecule has 0 aliphatic carbocycles. The van der Waals surface area contributed by atoms with Crippen LogP contribution in [-0.2, 0) is 0 Å². The third-order valence-electron chi connectivity index (χ3n) is 5.74. The molecule has 0 spiro atoms. The van der Waals surface area contributed by atoms with Gasteiger partial charge in [0.2, 0.25) is 0 Å². The van der Waals surface area contributed by atoms with Crippen LogP contribution in [-0.4, -0.2) is 65.6 Å². The summed E-state index contributed by atoms with van der Waals surface area (Å²) in [6.07, 6.45) is 0. The number of H-pyrrole nitrogens is 1. The van der Waals surface area contributed by atoms with Gasteiger partial charge in [-0.25, -0.2) is 4.98 Å². The predicted octanol–water partition coefficient (Wildman–Crippen LogP) is 3.08. The lowest BCUT2D eigenvalue weighted by molar-refractivity contribution is 0.313. The van der Waals surface area contributed by atoms with Crippen LogP contribution in [0.4, 0.5) is 11.4 Å². The number of para-hydroxylation sites is 1. The Hall–Kier alpha value is -3.32.